The van der Waals surface area contributed by atoms with Crippen LogP contribution >= 0.6 is 0 Å². The fraction of sp³-hybridized carbons (Fsp3) is 0.444. The van der Waals surface area contributed by atoms with Crippen molar-refractivity contribution < 1.29 is 0 Å². The quantitative estimate of drug-likeness (QED) is 0.835. The highest BCUT2D eigenvalue weighted by molar-refractivity contribution is 5.82. The highest BCUT2D eigenvalue weighted by atomic mass is 15.2. The molecule has 2 aromatic rings. The highest BCUT2D eigenvalue weighted by Gasteiger charge is 2.28. The molecule has 2 heteroatoms. The first kappa shape index (κ1) is 12.2. The fourth-order valence-electron chi connectivity index (χ4n) is 3.82. The average molecular weight is 266 g/mol. The molecule has 1 aliphatic carbocycles. The Labute approximate surface area is 120 Å². The first-order valence-corrected chi connectivity index (χ1v) is 7.87. The summed E-state index contributed by atoms with van der Waals surface area (Å²) < 4.78 is 0. The van der Waals surface area contributed by atoms with Gasteiger partial charge in [0.05, 0.1) is 0 Å². The molecule has 3 aliphatic rings. The second kappa shape index (κ2) is 5.10. The Morgan fingerprint density at radius 2 is 2.10 bits per heavy atom. The number of nitrogens with zero attached hydrogens (tertiary/aromatic N) is 1. The summed E-state index contributed by atoms with van der Waals surface area (Å²) in [6, 6.07) is 9.34. The van der Waals surface area contributed by atoms with Gasteiger partial charge in [0.1, 0.15) is 0 Å². The summed E-state index contributed by atoms with van der Waals surface area (Å²) in [7, 11) is 0. The Kier molecular flexibility index (Phi) is 3.12. The van der Waals surface area contributed by atoms with Gasteiger partial charge in [0.2, 0.25) is 0 Å². The number of aryl methyl sites for hydroxylation is 1. The minimum absolute atomic E-state index is 0.725. The predicted octanol–water partition coefficient (Wildman–Crippen LogP) is 3.75. The summed E-state index contributed by atoms with van der Waals surface area (Å²) in [6.07, 6.45) is 12.3. The number of rotatable bonds is 4. The SMILES string of the molecule is C1=CC2CCC1CN2CCCc1c[nH]c2ccccc12. The topological polar surface area (TPSA) is 19.0 Å². The molecular weight excluding hydrogens is 244 g/mol. The van der Waals surface area contributed by atoms with E-state index in [2.05, 4.69) is 52.5 Å². The van der Waals surface area contributed by atoms with E-state index >= 15 is 0 Å². The van der Waals surface area contributed by atoms with Crippen LogP contribution in [0.5, 0.6) is 0 Å². The van der Waals surface area contributed by atoms with Crippen molar-refractivity contribution in [1.29, 1.82) is 0 Å². The van der Waals surface area contributed by atoms with Gasteiger partial charge in [-0.15, -0.1) is 0 Å². The maximum atomic E-state index is 3.38. The molecule has 0 saturated carbocycles. The van der Waals surface area contributed by atoms with Gasteiger partial charge < -0.3 is 4.98 Å². The molecule has 2 bridgehead atoms. The van der Waals surface area contributed by atoms with Crippen LogP contribution in [-0.4, -0.2) is 29.0 Å². The van der Waals surface area contributed by atoms with Crippen LogP contribution in [0.4, 0.5) is 0 Å². The number of nitrogens with one attached hydrogen (secondary N) is 1. The third-order valence-corrected chi connectivity index (χ3v) is 4.94. The number of para-hydroxylation sites is 1. The number of piperidine rings is 1. The van der Waals surface area contributed by atoms with Crippen molar-refractivity contribution in [3.05, 3.63) is 48.2 Å². The lowest BCUT2D eigenvalue weighted by Crippen LogP contribution is -2.45. The second-order valence-electron chi connectivity index (χ2n) is 6.25. The van der Waals surface area contributed by atoms with Crippen molar-refractivity contribution in [2.24, 2.45) is 5.92 Å². The zero-order valence-corrected chi connectivity index (χ0v) is 11.9. The Morgan fingerprint density at radius 3 is 2.90 bits per heavy atom. The van der Waals surface area contributed by atoms with Crippen LogP contribution in [0.25, 0.3) is 10.9 Å². The Hall–Kier alpha value is -1.54. The molecule has 1 aromatic heterocycles. The first-order chi connectivity index (χ1) is 9.90. The van der Waals surface area contributed by atoms with Crippen molar-refractivity contribution in [1.82, 2.24) is 9.88 Å². The first-order valence-electron chi connectivity index (χ1n) is 7.87. The Morgan fingerprint density at radius 1 is 1.15 bits per heavy atom. The summed E-state index contributed by atoms with van der Waals surface area (Å²) >= 11 is 0. The van der Waals surface area contributed by atoms with Gasteiger partial charge >= 0.3 is 0 Å². The normalized spacial score (nSPS) is 25.6. The largest absolute Gasteiger partial charge is 0.361 e. The van der Waals surface area contributed by atoms with Crippen LogP contribution < -0.4 is 0 Å². The fourth-order valence-corrected chi connectivity index (χ4v) is 3.82. The zero-order valence-electron chi connectivity index (χ0n) is 11.9. The van der Waals surface area contributed by atoms with Crippen molar-refractivity contribution >= 4 is 10.9 Å². The van der Waals surface area contributed by atoms with E-state index < -0.39 is 0 Å². The molecular formula is C18H22N2. The lowest BCUT2D eigenvalue weighted by atomic mass is 9.86. The number of aromatic nitrogens is 1. The summed E-state index contributed by atoms with van der Waals surface area (Å²) in [5.74, 6) is 0.827. The highest BCUT2D eigenvalue weighted by Crippen LogP contribution is 2.29. The van der Waals surface area contributed by atoms with Gasteiger partial charge in [0.15, 0.2) is 0 Å². The molecule has 0 radical (unpaired) electrons. The molecule has 2 unspecified atom stereocenters. The van der Waals surface area contributed by atoms with Crippen LogP contribution in [0, 0.1) is 5.92 Å². The molecule has 1 saturated heterocycles. The van der Waals surface area contributed by atoms with Crippen LogP contribution in [0.2, 0.25) is 0 Å². The van der Waals surface area contributed by atoms with Gasteiger partial charge in [0.25, 0.3) is 0 Å². The van der Waals surface area contributed by atoms with E-state index in [9.17, 15) is 0 Å². The molecule has 3 heterocycles. The minimum Gasteiger partial charge on any atom is -0.361 e. The van der Waals surface area contributed by atoms with Gasteiger partial charge in [-0.2, -0.15) is 0 Å². The number of hydrogen-bond acceptors (Lipinski definition) is 1. The maximum absolute atomic E-state index is 3.38. The van der Waals surface area contributed by atoms with Crippen LogP contribution in [0.1, 0.15) is 24.8 Å². The summed E-state index contributed by atoms with van der Waals surface area (Å²) in [5.41, 5.74) is 2.74. The van der Waals surface area contributed by atoms with E-state index in [1.165, 1.54) is 55.2 Å². The number of H-pyrrole nitrogens is 1. The molecule has 1 aromatic carbocycles. The molecule has 1 N–H and O–H groups in total. The van der Waals surface area contributed by atoms with Crippen molar-refractivity contribution in [3.8, 4) is 0 Å². The van der Waals surface area contributed by atoms with Crippen molar-refractivity contribution in [3.63, 3.8) is 0 Å². The number of hydrogen-bond donors (Lipinski definition) is 1. The Balaban J connectivity index is 1.38. The number of benzene rings is 1. The third-order valence-electron chi connectivity index (χ3n) is 4.94. The molecule has 5 rings (SSSR count). The van der Waals surface area contributed by atoms with E-state index in [1.54, 1.807) is 0 Å². The number of fused-ring (bicyclic) bond motifs is 3. The lowest BCUT2D eigenvalue weighted by Gasteiger charge is -2.41. The van der Waals surface area contributed by atoms with Gasteiger partial charge in [-0.1, -0.05) is 30.4 Å². The van der Waals surface area contributed by atoms with Gasteiger partial charge in [-0.3, -0.25) is 4.90 Å². The Bertz CT molecular complexity index is 625. The van der Waals surface area contributed by atoms with E-state index in [1.807, 2.05) is 0 Å². The molecule has 1 fully saturated rings. The average Bonchev–Trinajstić information content (AvgIpc) is 2.92. The lowest BCUT2D eigenvalue weighted by molar-refractivity contribution is 0.136. The van der Waals surface area contributed by atoms with Gasteiger partial charge in [-0.25, -0.2) is 0 Å². The molecule has 20 heavy (non-hydrogen) atoms. The van der Waals surface area contributed by atoms with Crippen LogP contribution in [0.15, 0.2) is 42.6 Å². The van der Waals surface area contributed by atoms with Crippen LogP contribution in [0.3, 0.4) is 0 Å². The monoisotopic (exact) mass is 266 g/mol. The zero-order chi connectivity index (χ0) is 13.4. The number of aromatic amines is 1. The van der Waals surface area contributed by atoms with Gasteiger partial charge in [-0.05, 0) is 49.8 Å². The molecule has 104 valence electrons. The van der Waals surface area contributed by atoms with E-state index in [0.717, 1.165) is 12.0 Å². The van der Waals surface area contributed by atoms with E-state index in [0.29, 0.717) is 0 Å². The third kappa shape index (κ3) is 2.18. The minimum atomic E-state index is 0.725. The molecule has 2 nitrogen and oxygen atoms in total. The molecule has 0 spiro atoms. The van der Waals surface area contributed by atoms with Crippen molar-refractivity contribution in [2.75, 3.05) is 13.1 Å². The second-order valence-corrected chi connectivity index (χ2v) is 6.25. The smallest absolute Gasteiger partial charge is 0.0456 e. The summed E-state index contributed by atoms with van der Waals surface area (Å²) in [4.78, 5) is 6.06. The van der Waals surface area contributed by atoms with E-state index in [4.69, 9.17) is 0 Å². The summed E-state index contributed by atoms with van der Waals surface area (Å²) in [6.45, 7) is 2.53. The predicted molar refractivity (Wildman–Crippen MR) is 83.8 cm³/mol. The maximum Gasteiger partial charge on any atom is 0.0456 e. The molecule has 2 atom stereocenters. The molecule has 2 aliphatic heterocycles. The molecule has 0 amide bonds. The summed E-state index contributed by atoms with van der Waals surface area (Å²) in [5, 5.41) is 1.40. The van der Waals surface area contributed by atoms with E-state index in [-0.39, 0.29) is 0 Å². The standard InChI is InChI=1S/C18H22N2/c1-2-6-18-17(5-1)15(12-19-18)4-3-11-20-13-14-7-9-16(20)10-8-14/h1-2,5-7,9,12,14,16,19H,3-4,8,10-11,13H2. The van der Waals surface area contributed by atoms with Crippen molar-refractivity contribution in [2.45, 2.75) is 31.7 Å². The van der Waals surface area contributed by atoms with Gasteiger partial charge in [0, 0.05) is 29.7 Å². The van der Waals surface area contributed by atoms with Crippen LogP contribution in [-0.2, 0) is 6.42 Å².